The van der Waals surface area contributed by atoms with Gasteiger partial charge in [0.1, 0.15) is 0 Å². The summed E-state index contributed by atoms with van der Waals surface area (Å²) in [6.45, 7) is 2.60. The summed E-state index contributed by atoms with van der Waals surface area (Å²) in [5.41, 5.74) is 0. The topological polar surface area (TPSA) is 3.24 Å². The van der Waals surface area contributed by atoms with E-state index in [2.05, 4.69) is 32.6 Å². The normalized spacial score (nSPS) is 39.3. The Kier molecular flexibility index (Phi) is 2.26. The highest BCUT2D eigenvalue weighted by molar-refractivity contribution is 9.09. The van der Waals surface area contributed by atoms with Gasteiger partial charge in [-0.2, -0.15) is 11.8 Å². The summed E-state index contributed by atoms with van der Waals surface area (Å²) >= 11 is 5.65. The van der Waals surface area contributed by atoms with Crippen LogP contribution >= 0.6 is 27.7 Å². The Bertz CT molecular complexity index is 131. The first-order valence-corrected chi connectivity index (χ1v) is 5.99. The molecule has 2 unspecified atom stereocenters. The molecular formula is C7H12BrNS. The van der Waals surface area contributed by atoms with E-state index in [0.717, 1.165) is 16.6 Å². The van der Waals surface area contributed by atoms with Crippen LogP contribution < -0.4 is 0 Å². The van der Waals surface area contributed by atoms with E-state index in [1.807, 2.05) is 0 Å². The minimum absolute atomic E-state index is 0.924. The molecule has 10 heavy (non-hydrogen) atoms. The van der Waals surface area contributed by atoms with Crippen LogP contribution in [0.4, 0.5) is 0 Å². The van der Waals surface area contributed by atoms with Gasteiger partial charge in [0.15, 0.2) is 0 Å². The number of hydrogen-bond donors (Lipinski definition) is 0. The molecule has 0 N–H and O–H groups in total. The lowest BCUT2D eigenvalue weighted by atomic mass is 10.2. The summed E-state index contributed by atoms with van der Waals surface area (Å²) in [6.07, 6.45) is 1.46. The molecule has 2 bridgehead atoms. The van der Waals surface area contributed by atoms with Gasteiger partial charge in [0.05, 0.1) is 0 Å². The first-order valence-electron chi connectivity index (χ1n) is 3.82. The summed E-state index contributed by atoms with van der Waals surface area (Å²) in [6, 6.07) is 0.924. The Balaban J connectivity index is 1.90. The third kappa shape index (κ3) is 1.23. The Hall–Kier alpha value is 0.790. The van der Waals surface area contributed by atoms with E-state index >= 15 is 0 Å². The molecule has 0 aromatic carbocycles. The number of thioether (sulfide) groups is 1. The van der Waals surface area contributed by atoms with Gasteiger partial charge in [-0.25, -0.2) is 0 Å². The second kappa shape index (κ2) is 3.03. The van der Waals surface area contributed by atoms with Crippen LogP contribution in [0.2, 0.25) is 0 Å². The maximum Gasteiger partial charge on any atom is 0.0198 e. The van der Waals surface area contributed by atoms with Crippen molar-refractivity contribution in [3.63, 3.8) is 0 Å². The van der Waals surface area contributed by atoms with E-state index in [0.29, 0.717) is 0 Å². The fourth-order valence-corrected chi connectivity index (χ4v) is 3.81. The predicted octanol–water partition coefficient (Wildman–Crippen LogP) is 1.57. The number of nitrogens with zero attached hydrogens (tertiary/aromatic N) is 1. The van der Waals surface area contributed by atoms with E-state index in [-0.39, 0.29) is 0 Å². The molecule has 3 heteroatoms. The standard InChI is InChI=1S/C7H12BrNS/c8-1-2-9-4-7-3-6(9)5-10-7/h6-7H,1-5H2. The van der Waals surface area contributed by atoms with Crippen LogP contribution in [0, 0.1) is 0 Å². The van der Waals surface area contributed by atoms with Crippen LogP contribution in [0.5, 0.6) is 0 Å². The summed E-state index contributed by atoms with van der Waals surface area (Å²) in [5, 5.41) is 2.12. The van der Waals surface area contributed by atoms with Gasteiger partial charge in [0.2, 0.25) is 0 Å². The zero-order valence-corrected chi connectivity index (χ0v) is 8.33. The van der Waals surface area contributed by atoms with E-state index in [1.165, 1.54) is 25.3 Å². The van der Waals surface area contributed by atoms with Crippen LogP contribution in [0.3, 0.4) is 0 Å². The lowest BCUT2D eigenvalue weighted by Gasteiger charge is -2.25. The quantitative estimate of drug-likeness (QED) is 0.652. The molecule has 2 saturated heterocycles. The Morgan fingerprint density at radius 3 is 3.00 bits per heavy atom. The molecule has 0 saturated carbocycles. The van der Waals surface area contributed by atoms with E-state index < -0.39 is 0 Å². The molecule has 0 aromatic rings. The highest BCUT2D eigenvalue weighted by atomic mass is 79.9. The first kappa shape index (κ1) is 7.44. The number of halogens is 1. The third-order valence-corrected chi connectivity index (χ3v) is 4.13. The van der Waals surface area contributed by atoms with E-state index in [9.17, 15) is 0 Å². The smallest absolute Gasteiger partial charge is 0.0198 e. The maximum atomic E-state index is 3.48. The molecule has 0 spiro atoms. The maximum absolute atomic E-state index is 3.48. The lowest BCUT2D eigenvalue weighted by molar-refractivity contribution is 0.288. The molecule has 2 atom stereocenters. The molecule has 2 aliphatic heterocycles. The van der Waals surface area contributed by atoms with E-state index in [4.69, 9.17) is 0 Å². The van der Waals surface area contributed by atoms with Gasteiger partial charge < -0.3 is 0 Å². The zero-order chi connectivity index (χ0) is 6.97. The van der Waals surface area contributed by atoms with Gasteiger partial charge in [0.25, 0.3) is 0 Å². The van der Waals surface area contributed by atoms with Gasteiger partial charge in [-0.3, -0.25) is 4.90 Å². The second-order valence-electron chi connectivity index (χ2n) is 3.03. The van der Waals surface area contributed by atoms with Gasteiger partial charge in [-0.05, 0) is 6.42 Å². The van der Waals surface area contributed by atoms with Crippen molar-refractivity contribution in [3.05, 3.63) is 0 Å². The first-order chi connectivity index (χ1) is 4.90. The van der Waals surface area contributed by atoms with Crippen LogP contribution in [0.1, 0.15) is 6.42 Å². The average molecular weight is 222 g/mol. The highest BCUT2D eigenvalue weighted by Gasteiger charge is 2.37. The predicted molar refractivity (Wildman–Crippen MR) is 50.0 cm³/mol. The van der Waals surface area contributed by atoms with Gasteiger partial charge in [-0.1, -0.05) is 15.9 Å². The van der Waals surface area contributed by atoms with Crippen molar-refractivity contribution in [2.24, 2.45) is 0 Å². The van der Waals surface area contributed by atoms with E-state index in [1.54, 1.807) is 0 Å². The molecule has 0 amide bonds. The fourth-order valence-electron chi connectivity index (χ4n) is 1.86. The van der Waals surface area contributed by atoms with Crippen molar-refractivity contribution in [2.75, 3.05) is 24.2 Å². The van der Waals surface area contributed by atoms with Crippen LogP contribution in [-0.2, 0) is 0 Å². The highest BCUT2D eigenvalue weighted by Crippen LogP contribution is 2.36. The van der Waals surface area contributed by atoms with Crippen molar-refractivity contribution < 1.29 is 0 Å². The lowest BCUT2D eigenvalue weighted by Crippen LogP contribution is -2.35. The fraction of sp³-hybridized carbons (Fsp3) is 1.00. The molecular weight excluding hydrogens is 210 g/mol. The molecule has 0 radical (unpaired) electrons. The summed E-state index contributed by atoms with van der Waals surface area (Å²) < 4.78 is 0. The Morgan fingerprint density at radius 1 is 1.60 bits per heavy atom. The number of rotatable bonds is 2. The zero-order valence-electron chi connectivity index (χ0n) is 5.92. The molecule has 2 rings (SSSR count). The molecule has 2 fully saturated rings. The van der Waals surface area contributed by atoms with Crippen LogP contribution in [0.15, 0.2) is 0 Å². The summed E-state index contributed by atoms with van der Waals surface area (Å²) in [5.74, 6) is 1.39. The SMILES string of the molecule is BrCCN1CC2CC1CS2. The largest absolute Gasteiger partial charge is 0.298 e. The minimum atomic E-state index is 0.924. The Morgan fingerprint density at radius 2 is 2.50 bits per heavy atom. The number of hydrogen-bond acceptors (Lipinski definition) is 2. The minimum Gasteiger partial charge on any atom is -0.298 e. The third-order valence-electron chi connectivity index (χ3n) is 2.39. The Labute approximate surface area is 74.7 Å². The molecule has 2 aliphatic rings. The van der Waals surface area contributed by atoms with Gasteiger partial charge in [0, 0.05) is 35.5 Å². The van der Waals surface area contributed by atoms with Crippen molar-refractivity contribution in [2.45, 2.75) is 17.7 Å². The van der Waals surface area contributed by atoms with Gasteiger partial charge in [-0.15, -0.1) is 0 Å². The molecule has 58 valence electrons. The molecule has 0 aliphatic carbocycles. The monoisotopic (exact) mass is 221 g/mol. The number of alkyl halides is 1. The van der Waals surface area contributed by atoms with Crippen molar-refractivity contribution in [3.8, 4) is 0 Å². The van der Waals surface area contributed by atoms with Crippen molar-refractivity contribution >= 4 is 27.7 Å². The van der Waals surface area contributed by atoms with Crippen molar-refractivity contribution in [1.29, 1.82) is 0 Å². The van der Waals surface area contributed by atoms with Crippen LogP contribution in [0.25, 0.3) is 0 Å². The molecule has 1 nitrogen and oxygen atoms in total. The number of likely N-dealkylation sites (tertiary alicyclic amines) is 1. The number of fused-ring (bicyclic) bond motifs is 2. The van der Waals surface area contributed by atoms with Crippen LogP contribution in [-0.4, -0.2) is 40.4 Å². The molecule has 0 aromatic heterocycles. The molecule has 2 heterocycles. The second-order valence-corrected chi connectivity index (χ2v) is 5.16. The summed E-state index contributed by atoms with van der Waals surface area (Å²) in [4.78, 5) is 2.62. The average Bonchev–Trinajstić information content (AvgIpc) is 2.48. The van der Waals surface area contributed by atoms with Gasteiger partial charge >= 0.3 is 0 Å². The summed E-state index contributed by atoms with van der Waals surface area (Å²) in [7, 11) is 0. The van der Waals surface area contributed by atoms with Crippen molar-refractivity contribution in [1.82, 2.24) is 4.90 Å².